The first kappa shape index (κ1) is 12.5. The van der Waals surface area contributed by atoms with Crippen molar-refractivity contribution in [1.82, 2.24) is 13.6 Å². The third-order valence-electron chi connectivity index (χ3n) is 4.28. The minimum absolute atomic E-state index is 0.0189. The van der Waals surface area contributed by atoms with Gasteiger partial charge in [0, 0.05) is 12.6 Å². The lowest BCUT2D eigenvalue weighted by Gasteiger charge is -2.37. The van der Waals surface area contributed by atoms with Gasteiger partial charge >= 0.3 is 5.97 Å². The molecule has 7 heteroatoms. The highest BCUT2D eigenvalue weighted by molar-refractivity contribution is 6.99. The highest BCUT2D eigenvalue weighted by Gasteiger charge is 2.49. The first-order chi connectivity index (χ1) is 9.10. The van der Waals surface area contributed by atoms with Crippen LogP contribution < -0.4 is 0 Å². The van der Waals surface area contributed by atoms with Crippen molar-refractivity contribution in [1.29, 1.82) is 0 Å². The van der Waals surface area contributed by atoms with Gasteiger partial charge in [-0.15, -0.1) is 0 Å². The average molecular weight is 281 g/mol. The fourth-order valence-corrected chi connectivity index (χ4v) is 3.64. The second kappa shape index (κ2) is 4.56. The molecule has 2 heterocycles. The Bertz CT molecular complexity index is 498. The number of aromatic nitrogens is 2. The normalized spacial score (nSPS) is 24.4. The summed E-state index contributed by atoms with van der Waals surface area (Å²) < 4.78 is 7.80. The van der Waals surface area contributed by atoms with Crippen LogP contribution in [0, 0.1) is 5.41 Å². The Morgan fingerprint density at radius 1 is 1.53 bits per heavy atom. The fraction of sp³-hybridized carbons (Fsp3) is 0.667. The number of hydrogen-bond acceptors (Lipinski definition) is 5. The molecule has 0 radical (unpaired) electrons. The molecular weight excluding hydrogens is 266 g/mol. The monoisotopic (exact) mass is 281 g/mol. The predicted molar refractivity (Wildman–Crippen MR) is 67.9 cm³/mol. The van der Waals surface area contributed by atoms with Gasteiger partial charge in [0.05, 0.1) is 24.3 Å². The van der Waals surface area contributed by atoms with Crippen LogP contribution in [0.2, 0.25) is 0 Å². The number of carbonyl (C=O) groups excluding carboxylic acids is 1. The van der Waals surface area contributed by atoms with Crippen LogP contribution in [0.4, 0.5) is 0 Å². The molecule has 1 spiro atoms. The van der Waals surface area contributed by atoms with Gasteiger partial charge in [0.15, 0.2) is 5.69 Å². The number of rotatable bonds is 3. The van der Waals surface area contributed by atoms with Crippen LogP contribution in [-0.2, 0) is 4.79 Å². The van der Waals surface area contributed by atoms with Gasteiger partial charge in [0.1, 0.15) is 0 Å². The number of carboxylic acids is 1. The van der Waals surface area contributed by atoms with E-state index in [4.69, 9.17) is 5.11 Å². The zero-order valence-corrected chi connectivity index (χ0v) is 11.2. The molecule has 102 valence electrons. The number of amides is 1. The molecule has 6 nitrogen and oxygen atoms in total. The van der Waals surface area contributed by atoms with E-state index in [1.165, 1.54) is 12.6 Å². The summed E-state index contributed by atoms with van der Waals surface area (Å²) in [4.78, 5) is 25.0. The average Bonchev–Trinajstić information content (AvgIpc) is 2.92. The van der Waals surface area contributed by atoms with E-state index in [-0.39, 0.29) is 23.8 Å². The molecule has 3 rings (SSSR count). The summed E-state index contributed by atoms with van der Waals surface area (Å²) in [5, 5.41) is 9.00. The maximum Gasteiger partial charge on any atom is 0.305 e. The van der Waals surface area contributed by atoms with Crippen LogP contribution in [0.15, 0.2) is 6.20 Å². The smallest absolute Gasteiger partial charge is 0.305 e. The van der Waals surface area contributed by atoms with E-state index < -0.39 is 5.97 Å². The zero-order chi connectivity index (χ0) is 13.5. The summed E-state index contributed by atoms with van der Waals surface area (Å²) >= 11 is 0.998. The molecule has 1 N–H and O–H groups in total. The quantitative estimate of drug-likeness (QED) is 0.905. The lowest BCUT2D eigenvalue weighted by molar-refractivity contribution is -0.138. The molecule has 1 saturated heterocycles. The Balaban J connectivity index is 1.80. The van der Waals surface area contributed by atoms with Gasteiger partial charge < -0.3 is 10.0 Å². The zero-order valence-electron chi connectivity index (χ0n) is 10.4. The van der Waals surface area contributed by atoms with Gasteiger partial charge in [-0.1, -0.05) is 6.42 Å². The van der Waals surface area contributed by atoms with Gasteiger partial charge in [0.2, 0.25) is 0 Å². The molecule has 0 bridgehead atoms. The van der Waals surface area contributed by atoms with Gasteiger partial charge in [-0.05, 0) is 24.7 Å². The molecule has 1 unspecified atom stereocenters. The second-order valence-corrected chi connectivity index (χ2v) is 6.09. The summed E-state index contributed by atoms with van der Waals surface area (Å²) in [5.74, 6) is -1.03. The summed E-state index contributed by atoms with van der Waals surface area (Å²) in [6, 6.07) is -0.202. The number of likely N-dealkylation sites (tertiary alicyclic amines) is 1. The van der Waals surface area contributed by atoms with Crippen molar-refractivity contribution < 1.29 is 14.7 Å². The number of nitrogens with zero attached hydrogens (tertiary/aromatic N) is 3. The molecule has 1 atom stereocenters. The van der Waals surface area contributed by atoms with Crippen molar-refractivity contribution in [3.8, 4) is 0 Å². The summed E-state index contributed by atoms with van der Waals surface area (Å²) in [7, 11) is 0. The van der Waals surface area contributed by atoms with Crippen LogP contribution in [0.5, 0.6) is 0 Å². The molecule has 19 heavy (non-hydrogen) atoms. The third-order valence-corrected chi connectivity index (χ3v) is 4.76. The Morgan fingerprint density at radius 3 is 2.84 bits per heavy atom. The summed E-state index contributed by atoms with van der Waals surface area (Å²) in [5.41, 5.74) is 0.496. The third kappa shape index (κ3) is 2.22. The van der Waals surface area contributed by atoms with E-state index in [9.17, 15) is 9.59 Å². The second-order valence-electron chi connectivity index (χ2n) is 5.54. The van der Waals surface area contributed by atoms with Crippen LogP contribution in [0.25, 0.3) is 0 Å². The molecule has 1 aliphatic carbocycles. The van der Waals surface area contributed by atoms with E-state index in [0.717, 1.165) is 31.0 Å². The molecule has 2 fully saturated rings. The Labute approximate surface area is 114 Å². The van der Waals surface area contributed by atoms with Crippen molar-refractivity contribution in [3.63, 3.8) is 0 Å². The van der Waals surface area contributed by atoms with Crippen molar-refractivity contribution in [2.24, 2.45) is 5.41 Å². The largest absolute Gasteiger partial charge is 0.481 e. The van der Waals surface area contributed by atoms with Gasteiger partial charge in [0.25, 0.3) is 5.91 Å². The Morgan fingerprint density at radius 2 is 2.32 bits per heavy atom. The SMILES string of the molecule is O=C(O)CC1CC2(CCC2)CN1C(=O)c1cnsn1. The molecule has 1 amide bonds. The van der Waals surface area contributed by atoms with Crippen molar-refractivity contribution in [2.75, 3.05) is 6.54 Å². The molecule has 1 aromatic heterocycles. The molecule has 1 aromatic rings. The number of carboxylic acid groups (broad SMARTS) is 1. The molecule has 1 saturated carbocycles. The maximum atomic E-state index is 12.4. The van der Waals surface area contributed by atoms with E-state index in [2.05, 4.69) is 8.75 Å². The minimum atomic E-state index is -0.851. The minimum Gasteiger partial charge on any atom is -0.481 e. The molecule has 1 aliphatic heterocycles. The van der Waals surface area contributed by atoms with E-state index >= 15 is 0 Å². The highest BCUT2D eigenvalue weighted by Crippen LogP contribution is 2.51. The fourth-order valence-electron chi connectivity index (χ4n) is 3.23. The first-order valence-electron chi connectivity index (χ1n) is 6.40. The van der Waals surface area contributed by atoms with Crippen molar-refractivity contribution in [3.05, 3.63) is 11.9 Å². The van der Waals surface area contributed by atoms with Gasteiger partial charge in [-0.3, -0.25) is 9.59 Å². The molecule has 0 aromatic carbocycles. The molecular formula is C12H15N3O3S. The highest BCUT2D eigenvalue weighted by atomic mass is 32.1. The summed E-state index contributed by atoms with van der Waals surface area (Å²) in [6.07, 6.45) is 5.66. The Hall–Kier alpha value is -1.50. The topological polar surface area (TPSA) is 83.4 Å². The predicted octanol–water partition coefficient (Wildman–Crippen LogP) is 1.40. The van der Waals surface area contributed by atoms with Crippen LogP contribution >= 0.6 is 11.7 Å². The molecule has 2 aliphatic rings. The first-order valence-corrected chi connectivity index (χ1v) is 7.13. The van der Waals surface area contributed by atoms with Crippen LogP contribution in [0.1, 0.15) is 42.6 Å². The number of aliphatic carboxylic acids is 1. The Kier molecular flexibility index (Phi) is 3.00. The van der Waals surface area contributed by atoms with E-state index in [1.807, 2.05) is 0 Å². The lowest BCUT2D eigenvalue weighted by atomic mass is 9.67. The summed E-state index contributed by atoms with van der Waals surface area (Å²) in [6.45, 7) is 0.668. The van der Waals surface area contributed by atoms with E-state index in [1.54, 1.807) is 4.90 Å². The number of carbonyl (C=O) groups is 2. The van der Waals surface area contributed by atoms with Crippen LogP contribution in [0.3, 0.4) is 0 Å². The van der Waals surface area contributed by atoms with Crippen molar-refractivity contribution in [2.45, 2.75) is 38.1 Å². The van der Waals surface area contributed by atoms with E-state index in [0.29, 0.717) is 12.2 Å². The van der Waals surface area contributed by atoms with Crippen LogP contribution in [-0.4, -0.2) is 43.2 Å². The number of hydrogen-bond donors (Lipinski definition) is 1. The van der Waals surface area contributed by atoms with Gasteiger partial charge in [-0.2, -0.15) is 8.75 Å². The lowest BCUT2D eigenvalue weighted by Crippen LogP contribution is -2.39. The van der Waals surface area contributed by atoms with Crippen molar-refractivity contribution >= 4 is 23.6 Å². The standard InChI is InChI=1S/C12H15N3O3S/c16-10(17)4-8-5-12(2-1-3-12)7-15(8)11(18)9-6-13-19-14-9/h6,8H,1-5,7H2,(H,16,17). The maximum absolute atomic E-state index is 12.4. The van der Waals surface area contributed by atoms with Gasteiger partial charge in [-0.25, -0.2) is 0 Å².